The van der Waals surface area contributed by atoms with Crippen LogP contribution >= 0.6 is 11.6 Å². The number of hydrogen-bond acceptors (Lipinski definition) is 7. The van der Waals surface area contributed by atoms with E-state index in [0.717, 1.165) is 10.1 Å². The van der Waals surface area contributed by atoms with Gasteiger partial charge in [0.25, 0.3) is 11.2 Å². The average molecular weight is 511 g/mol. The van der Waals surface area contributed by atoms with Crippen LogP contribution in [-0.4, -0.2) is 20.8 Å². The number of nitrogens with zero attached hydrogens (tertiary/aromatic N) is 4. The molecule has 6 aromatic rings. The Balaban J connectivity index is 1.42. The molecule has 0 atom stereocenters. The molecule has 3 heterocycles. The number of aromatic nitrogens is 2. The molecule has 0 aliphatic rings. The minimum absolute atomic E-state index is 0.0133. The summed E-state index contributed by atoms with van der Waals surface area (Å²) in [6, 6.07) is 23.4. The van der Waals surface area contributed by atoms with Gasteiger partial charge in [0.1, 0.15) is 17.1 Å². The Bertz CT molecular complexity index is 1900. The van der Waals surface area contributed by atoms with Crippen LogP contribution in [0.3, 0.4) is 0 Å². The molecule has 3 aromatic heterocycles. The Hall–Kier alpha value is -5.02. The van der Waals surface area contributed by atoms with Crippen molar-refractivity contribution in [3.05, 3.63) is 116 Å². The van der Waals surface area contributed by atoms with Gasteiger partial charge < -0.3 is 8.83 Å². The molecule has 0 aliphatic carbocycles. The van der Waals surface area contributed by atoms with E-state index in [0.29, 0.717) is 44.4 Å². The van der Waals surface area contributed by atoms with Crippen molar-refractivity contribution in [2.45, 2.75) is 0 Å². The van der Waals surface area contributed by atoms with Crippen molar-refractivity contribution in [1.29, 1.82) is 0 Å². The lowest BCUT2D eigenvalue weighted by molar-refractivity contribution is -0.384. The third kappa shape index (κ3) is 4.17. The van der Waals surface area contributed by atoms with Crippen molar-refractivity contribution in [2.24, 2.45) is 5.10 Å². The summed E-state index contributed by atoms with van der Waals surface area (Å²) in [6.07, 6.45) is 1.40. The number of nitro benzene ring substituents is 1. The van der Waals surface area contributed by atoms with Crippen LogP contribution in [0.4, 0.5) is 5.69 Å². The Morgan fingerprint density at radius 3 is 2.57 bits per heavy atom. The van der Waals surface area contributed by atoms with Gasteiger partial charge in [-0.2, -0.15) is 9.78 Å². The fourth-order valence-corrected chi connectivity index (χ4v) is 4.13. The molecule has 0 bridgehead atoms. The number of halogens is 1. The predicted molar refractivity (Wildman–Crippen MR) is 140 cm³/mol. The van der Waals surface area contributed by atoms with E-state index in [1.165, 1.54) is 18.3 Å². The molecule has 6 rings (SSSR count). The van der Waals surface area contributed by atoms with E-state index in [2.05, 4.69) is 10.1 Å². The Labute approximate surface area is 213 Å². The summed E-state index contributed by atoms with van der Waals surface area (Å²) in [5.74, 6) is 1.43. The maximum Gasteiger partial charge on any atom is 0.282 e. The zero-order chi connectivity index (χ0) is 25.5. The molecule has 0 unspecified atom stereocenters. The molecule has 37 heavy (non-hydrogen) atoms. The quantitative estimate of drug-likeness (QED) is 0.148. The second-order valence-corrected chi connectivity index (χ2v) is 8.55. The van der Waals surface area contributed by atoms with Crippen LogP contribution < -0.4 is 5.56 Å². The number of para-hydroxylation sites is 1. The van der Waals surface area contributed by atoms with Crippen LogP contribution in [0.1, 0.15) is 5.76 Å². The van der Waals surface area contributed by atoms with Crippen LogP contribution in [0.2, 0.25) is 5.02 Å². The Kier molecular flexibility index (Phi) is 5.39. The van der Waals surface area contributed by atoms with E-state index in [4.69, 9.17) is 20.4 Å². The maximum absolute atomic E-state index is 13.4. The van der Waals surface area contributed by atoms with Gasteiger partial charge in [-0.15, -0.1) is 0 Å². The minimum Gasteiger partial charge on any atom is -0.455 e. The summed E-state index contributed by atoms with van der Waals surface area (Å²) in [7, 11) is 0. The van der Waals surface area contributed by atoms with Gasteiger partial charge in [0.05, 0.1) is 22.0 Å². The molecule has 180 valence electrons. The van der Waals surface area contributed by atoms with Crippen molar-refractivity contribution in [3.63, 3.8) is 0 Å². The highest BCUT2D eigenvalue weighted by molar-refractivity contribution is 6.31. The van der Waals surface area contributed by atoms with Crippen molar-refractivity contribution in [3.8, 4) is 22.9 Å². The average Bonchev–Trinajstić information content (AvgIpc) is 3.55. The molecule has 0 amide bonds. The van der Waals surface area contributed by atoms with Gasteiger partial charge in [0.15, 0.2) is 5.76 Å². The molecule has 0 aliphatic heterocycles. The van der Waals surface area contributed by atoms with Crippen LogP contribution in [0.5, 0.6) is 0 Å². The smallest absolute Gasteiger partial charge is 0.282 e. The van der Waals surface area contributed by atoms with Crippen LogP contribution in [0.25, 0.3) is 44.8 Å². The first-order valence-electron chi connectivity index (χ1n) is 11.1. The van der Waals surface area contributed by atoms with Gasteiger partial charge in [0.2, 0.25) is 5.82 Å². The van der Waals surface area contributed by atoms with Gasteiger partial charge in [-0.25, -0.2) is 4.98 Å². The highest BCUT2D eigenvalue weighted by Gasteiger charge is 2.17. The van der Waals surface area contributed by atoms with Crippen molar-refractivity contribution in [1.82, 2.24) is 9.66 Å². The first-order valence-corrected chi connectivity index (χ1v) is 11.4. The van der Waals surface area contributed by atoms with E-state index in [-0.39, 0.29) is 17.1 Å². The third-order valence-electron chi connectivity index (χ3n) is 5.74. The van der Waals surface area contributed by atoms with E-state index in [9.17, 15) is 14.9 Å². The van der Waals surface area contributed by atoms with Gasteiger partial charge >= 0.3 is 0 Å². The SMILES string of the molecule is O=c1c2ccccc2nc(-c2cc3cc(Cl)ccc3o2)n1N=Cc1ccc(-c2ccc([N+](=O)[O-])cc2)o1. The third-order valence-corrected chi connectivity index (χ3v) is 5.98. The van der Waals surface area contributed by atoms with Crippen LogP contribution in [0.15, 0.2) is 104 Å². The summed E-state index contributed by atoms with van der Waals surface area (Å²) in [5, 5.41) is 17.0. The summed E-state index contributed by atoms with van der Waals surface area (Å²) in [5.41, 5.74) is 1.37. The van der Waals surface area contributed by atoms with Crippen LogP contribution in [0, 0.1) is 10.1 Å². The summed E-state index contributed by atoms with van der Waals surface area (Å²) >= 11 is 6.12. The number of benzene rings is 3. The predicted octanol–water partition coefficient (Wildman–Crippen LogP) is 6.51. The molecule has 0 saturated carbocycles. The second kappa shape index (κ2) is 8.89. The maximum atomic E-state index is 13.4. The number of rotatable bonds is 5. The molecule has 9 nitrogen and oxygen atoms in total. The monoisotopic (exact) mass is 510 g/mol. The molecule has 10 heteroatoms. The normalized spacial score (nSPS) is 11.6. The first-order chi connectivity index (χ1) is 18.0. The molecular formula is C27H15ClN4O5. The number of fused-ring (bicyclic) bond motifs is 2. The summed E-state index contributed by atoms with van der Waals surface area (Å²) < 4.78 is 13.0. The molecule has 0 fully saturated rings. The van der Waals surface area contributed by atoms with Crippen LogP contribution in [-0.2, 0) is 0 Å². The highest BCUT2D eigenvalue weighted by Crippen LogP contribution is 2.29. The molecule has 0 spiro atoms. The zero-order valence-corrected chi connectivity index (χ0v) is 19.6. The molecular weight excluding hydrogens is 496 g/mol. The lowest BCUT2D eigenvalue weighted by Gasteiger charge is -2.06. The number of non-ortho nitro benzene ring substituents is 1. The summed E-state index contributed by atoms with van der Waals surface area (Å²) in [6.45, 7) is 0. The standard InChI is InChI=1S/C27H15ClN4O5/c28-18-7-11-24-17(13-18)14-25(37-24)26-30-22-4-2-1-3-21(22)27(33)31(26)29-15-20-10-12-23(36-20)16-5-8-19(9-6-16)32(34)35/h1-15H. The molecule has 0 radical (unpaired) electrons. The lowest BCUT2D eigenvalue weighted by Crippen LogP contribution is -2.20. The van der Waals surface area contributed by atoms with E-state index >= 15 is 0 Å². The number of hydrogen-bond donors (Lipinski definition) is 0. The van der Waals surface area contributed by atoms with Gasteiger partial charge in [0, 0.05) is 28.1 Å². The van der Waals surface area contributed by atoms with Gasteiger partial charge in [-0.3, -0.25) is 14.9 Å². The number of nitro groups is 1. The fourth-order valence-electron chi connectivity index (χ4n) is 3.95. The molecule has 0 saturated heterocycles. The Morgan fingerprint density at radius 2 is 1.76 bits per heavy atom. The second-order valence-electron chi connectivity index (χ2n) is 8.11. The molecule has 0 N–H and O–H groups in total. The van der Waals surface area contributed by atoms with Crippen molar-refractivity contribution < 1.29 is 13.8 Å². The topological polar surface area (TPSA) is 117 Å². The lowest BCUT2D eigenvalue weighted by atomic mass is 10.1. The largest absolute Gasteiger partial charge is 0.455 e. The highest BCUT2D eigenvalue weighted by atomic mass is 35.5. The first kappa shape index (κ1) is 22.4. The van der Waals surface area contributed by atoms with Gasteiger partial charge in [-0.05, 0) is 60.7 Å². The van der Waals surface area contributed by atoms with Crippen molar-refractivity contribution >= 4 is 45.4 Å². The number of furan rings is 2. The van der Waals surface area contributed by atoms with Crippen molar-refractivity contribution in [2.75, 3.05) is 0 Å². The fraction of sp³-hybridized carbons (Fsp3) is 0. The summed E-state index contributed by atoms with van der Waals surface area (Å²) in [4.78, 5) is 28.5. The van der Waals surface area contributed by atoms with E-state index < -0.39 is 4.92 Å². The molecule has 3 aromatic carbocycles. The van der Waals surface area contributed by atoms with E-state index in [1.807, 2.05) is 0 Å². The Morgan fingerprint density at radius 1 is 0.946 bits per heavy atom. The minimum atomic E-state index is -0.465. The van der Waals surface area contributed by atoms with Gasteiger partial charge in [-0.1, -0.05) is 23.7 Å². The zero-order valence-electron chi connectivity index (χ0n) is 18.9. The van der Waals surface area contributed by atoms with E-state index in [1.54, 1.807) is 72.8 Å².